The lowest BCUT2D eigenvalue weighted by Gasteiger charge is -2.45. The van der Waals surface area contributed by atoms with Gasteiger partial charge in [-0.3, -0.25) is 24.6 Å². The van der Waals surface area contributed by atoms with Crippen LogP contribution in [-0.2, 0) is 16.1 Å². The highest BCUT2D eigenvalue weighted by atomic mass is 16.5. The van der Waals surface area contributed by atoms with E-state index in [0.717, 1.165) is 29.6 Å². The number of imide groups is 1. The number of piperidine rings is 1. The Kier molecular flexibility index (Phi) is 4.56. The molecule has 1 N–H and O–H groups in total. The molecular weight excluding hydrogens is 394 g/mol. The molecule has 2 aliphatic carbocycles. The average molecular weight is 424 g/mol. The van der Waals surface area contributed by atoms with Crippen LogP contribution in [0.1, 0.15) is 60.9 Å². The van der Waals surface area contributed by atoms with Gasteiger partial charge in [0.25, 0.3) is 5.91 Å². The molecule has 7 heteroatoms. The molecule has 6 rings (SSSR count). The summed E-state index contributed by atoms with van der Waals surface area (Å²) in [6.07, 6.45) is 7.19. The Morgan fingerprint density at radius 3 is 2.58 bits per heavy atom. The summed E-state index contributed by atoms with van der Waals surface area (Å²) in [5.41, 5.74) is 1.54. The van der Waals surface area contributed by atoms with Gasteiger partial charge in [-0.05, 0) is 74.1 Å². The highest BCUT2D eigenvalue weighted by molar-refractivity contribution is 6.05. The molecule has 4 fully saturated rings. The molecule has 0 aromatic heterocycles. The predicted molar refractivity (Wildman–Crippen MR) is 112 cm³/mol. The minimum atomic E-state index is -0.577. The molecule has 5 aliphatic rings. The summed E-state index contributed by atoms with van der Waals surface area (Å²) in [5, 5.41) is 2.35. The van der Waals surface area contributed by atoms with Crippen molar-refractivity contribution in [3.8, 4) is 5.75 Å². The van der Waals surface area contributed by atoms with Crippen LogP contribution in [-0.4, -0.2) is 58.8 Å². The van der Waals surface area contributed by atoms with E-state index in [1.807, 2.05) is 18.2 Å². The van der Waals surface area contributed by atoms with E-state index in [0.29, 0.717) is 24.6 Å². The topological polar surface area (TPSA) is 79.0 Å². The zero-order chi connectivity index (χ0) is 21.1. The van der Waals surface area contributed by atoms with Crippen LogP contribution in [0, 0.1) is 11.8 Å². The van der Waals surface area contributed by atoms with E-state index in [1.54, 1.807) is 4.90 Å². The third-order valence-electron chi connectivity index (χ3n) is 7.90. The molecule has 164 valence electrons. The predicted octanol–water partition coefficient (Wildman–Crippen LogP) is 2.09. The second-order valence-electron chi connectivity index (χ2n) is 9.92. The quantitative estimate of drug-likeness (QED) is 0.734. The number of rotatable bonds is 5. The van der Waals surface area contributed by atoms with Gasteiger partial charge in [0, 0.05) is 37.7 Å². The molecule has 7 nitrogen and oxygen atoms in total. The Morgan fingerprint density at radius 1 is 0.968 bits per heavy atom. The molecule has 0 bridgehead atoms. The van der Waals surface area contributed by atoms with Crippen molar-refractivity contribution in [2.24, 2.45) is 11.8 Å². The lowest BCUT2D eigenvalue weighted by Crippen LogP contribution is -2.56. The summed E-state index contributed by atoms with van der Waals surface area (Å²) < 4.78 is 6.44. The Labute approximate surface area is 182 Å². The van der Waals surface area contributed by atoms with E-state index in [1.165, 1.54) is 38.8 Å². The first-order valence-corrected chi connectivity index (χ1v) is 11.7. The molecular formula is C24H29N3O4. The van der Waals surface area contributed by atoms with Crippen LogP contribution in [0.3, 0.4) is 0 Å². The van der Waals surface area contributed by atoms with Gasteiger partial charge in [-0.15, -0.1) is 0 Å². The van der Waals surface area contributed by atoms with Crippen LogP contribution in [0.2, 0.25) is 0 Å². The molecule has 3 atom stereocenters. The minimum absolute atomic E-state index is 0.138. The van der Waals surface area contributed by atoms with Crippen molar-refractivity contribution in [2.75, 3.05) is 13.1 Å². The first kappa shape index (κ1) is 19.3. The summed E-state index contributed by atoms with van der Waals surface area (Å²) in [5.74, 6) is 1.93. The molecule has 3 aliphatic heterocycles. The number of fused-ring (bicyclic) bond motifs is 1. The lowest BCUT2D eigenvalue weighted by atomic mass is 9.92. The first-order chi connectivity index (χ1) is 15.1. The number of carbonyl (C=O) groups is 3. The number of amides is 3. The minimum Gasteiger partial charge on any atom is -0.489 e. The third-order valence-corrected chi connectivity index (χ3v) is 7.90. The van der Waals surface area contributed by atoms with Crippen LogP contribution < -0.4 is 10.1 Å². The van der Waals surface area contributed by atoms with Gasteiger partial charge < -0.3 is 9.64 Å². The van der Waals surface area contributed by atoms with Crippen molar-refractivity contribution in [3.05, 3.63) is 29.3 Å². The van der Waals surface area contributed by atoms with Crippen LogP contribution in [0.5, 0.6) is 5.75 Å². The zero-order valence-corrected chi connectivity index (χ0v) is 17.7. The maximum atomic E-state index is 12.9. The van der Waals surface area contributed by atoms with E-state index < -0.39 is 6.04 Å². The summed E-state index contributed by atoms with van der Waals surface area (Å²) in [6, 6.07) is 5.62. The van der Waals surface area contributed by atoms with Crippen LogP contribution in [0.15, 0.2) is 18.2 Å². The van der Waals surface area contributed by atoms with Crippen molar-refractivity contribution in [1.82, 2.24) is 15.1 Å². The molecule has 1 unspecified atom stereocenters. The van der Waals surface area contributed by atoms with Gasteiger partial charge in [-0.2, -0.15) is 0 Å². The number of likely N-dealkylation sites (tertiary alicyclic amines) is 1. The number of hydrogen-bond donors (Lipinski definition) is 1. The van der Waals surface area contributed by atoms with Crippen molar-refractivity contribution in [1.29, 1.82) is 0 Å². The SMILES string of the molecule is O=C1CCC(N2Cc3cc(O[C@@H]4CCC[C@@H]4N4CC(C5CC5)C4)ccc3C2=O)C(=O)N1. The highest BCUT2D eigenvalue weighted by Crippen LogP contribution is 2.44. The smallest absolute Gasteiger partial charge is 0.255 e. The van der Waals surface area contributed by atoms with Gasteiger partial charge in [0.1, 0.15) is 17.9 Å². The summed E-state index contributed by atoms with van der Waals surface area (Å²) in [4.78, 5) is 40.7. The molecule has 1 aromatic carbocycles. The molecule has 3 heterocycles. The van der Waals surface area contributed by atoms with Crippen molar-refractivity contribution in [3.63, 3.8) is 0 Å². The first-order valence-electron chi connectivity index (χ1n) is 11.7. The number of benzene rings is 1. The fourth-order valence-electron chi connectivity index (χ4n) is 5.95. The van der Waals surface area contributed by atoms with Gasteiger partial charge in [0.15, 0.2) is 0 Å². The molecule has 1 aromatic rings. The molecule has 0 radical (unpaired) electrons. The van der Waals surface area contributed by atoms with Crippen LogP contribution in [0.4, 0.5) is 0 Å². The van der Waals surface area contributed by atoms with Crippen LogP contribution in [0.25, 0.3) is 0 Å². The summed E-state index contributed by atoms with van der Waals surface area (Å²) >= 11 is 0. The molecule has 31 heavy (non-hydrogen) atoms. The van der Waals surface area contributed by atoms with E-state index in [9.17, 15) is 14.4 Å². The monoisotopic (exact) mass is 423 g/mol. The lowest BCUT2D eigenvalue weighted by molar-refractivity contribution is -0.136. The van der Waals surface area contributed by atoms with Crippen molar-refractivity contribution >= 4 is 17.7 Å². The molecule has 0 spiro atoms. The van der Waals surface area contributed by atoms with E-state index in [2.05, 4.69) is 10.2 Å². The average Bonchev–Trinajstić information content (AvgIpc) is 3.36. The number of nitrogens with zero attached hydrogens (tertiary/aromatic N) is 2. The second-order valence-corrected chi connectivity index (χ2v) is 9.92. The fraction of sp³-hybridized carbons (Fsp3) is 0.625. The Bertz CT molecular complexity index is 937. The second kappa shape index (κ2) is 7.33. The number of nitrogens with one attached hydrogen (secondary N) is 1. The largest absolute Gasteiger partial charge is 0.489 e. The van der Waals surface area contributed by atoms with E-state index in [-0.39, 0.29) is 30.2 Å². The number of ether oxygens (including phenoxy) is 1. The Balaban J connectivity index is 1.12. The zero-order valence-electron chi connectivity index (χ0n) is 17.7. The number of carbonyl (C=O) groups excluding carboxylic acids is 3. The summed E-state index contributed by atoms with van der Waals surface area (Å²) in [7, 11) is 0. The van der Waals surface area contributed by atoms with Crippen molar-refractivity contribution in [2.45, 2.75) is 69.7 Å². The van der Waals surface area contributed by atoms with Crippen LogP contribution >= 0.6 is 0 Å². The molecule has 2 saturated carbocycles. The summed E-state index contributed by atoms with van der Waals surface area (Å²) in [6.45, 7) is 2.85. The third kappa shape index (κ3) is 3.43. The van der Waals surface area contributed by atoms with Crippen molar-refractivity contribution < 1.29 is 19.1 Å². The fourth-order valence-corrected chi connectivity index (χ4v) is 5.95. The van der Waals surface area contributed by atoms with Gasteiger partial charge in [-0.25, -0.2) is 0 Å². The van der Waals surface area contributed by atoms with Gasteiger partial charge >= 0.3 is 0 Å². The Hall–Kier alpha value is -2.41. The van der Waals surface area contributed by atoms with Gasteiger partial charge in [-0.1, -0.05) is 0 Å². The molecule has 2 saturated heterocycles. The highest BCUT2D eigenvalue weighted by Gasteiger charge is 2.45. The van der Waals surface area contributed by atoms with Gasteiger partial charge in [0.2, 0.25) is 11.8 Å². The Morgan fingerprint density at radius 2 is 1.81 bits per heavy atom. The maximum Gasteiger partial charge on any atom is 0.255 e. The van der Waals surface area contributed by atoms with E-state index in [4.69, 9.17) is 4.74 Å². The molecule has 3 amide bonds. The van der Waals surface area contributed by atoms with E-state index >= 15 is 0 Å². The maximum absolute atomic E-state index is 12.9. The van der Waals surface area contributed by atoms with Gasteiger partial charge in [0.05, 0.1) is 0 Å². The standard InChI is InChI=1S/C24H29N3O4/c28-22-9-8-20(23(29)25-22)27-13-15-10-17(6-7-18(15)24(27)30)31-21-3-1-2-19(21)26-11-16(12-26)14-4-5-14/h6-7,10,14,16,19-21H,1-5,8-9,11-13H2,(H,25,28,29)/t19-,20?,21+/m0/s1. The number of hydrogen-bond acceptors (Lipinski definition) is 5. The normalized spacial score (nSPS) is 31.5.